The molecule has 5 fully saturated rings. The van der Waals surface area contributed by atoms with Gasteiger partial charge in [0.15, 0.2) is 0 Å². The molecule has 5 rings (SSSR count). The van der Waals surface area contributed by atoms with E-state index < -0.39 is 0 Å². The molecule has 4 aliphatic carbocycles. The monoisotopic (exact) mass is 330 g/mol. The lowest BCUT2D eigenvalue weighted by Gasteiger charge is -2.60. The van der Waals surface area contributed by atoms with Gasteiger partial charge in [-0.1, -0.05) is 13.8 Å². The molecular formula is C22H34O2. The maximum atomic E-state index is 12.0. The van der Waals surface area contributed by atoms with Crippen molar-refractivity contribution in [2.24, 2.45) is 40.4 Å². The summed E-state index contributed by atoms with van der Waals surface area (Å²) in [7, 11) is 0. The fourth-order valence-electron chi connectivity index (χ4n) is 8.36. The number of ether oxygens (including phenoxy) is 1. The number of fused-ring (bicyclic) bond motifs is 5. The molecule has 24 heavy (non-hydrogen) atoms. The second-order valence-electron chi connectivity index (χ2n) is 10.7. The maximum absolute atomic E-state index is 12.0. The van der Waals surface area contributed by atoms with Gasteiger partial charge in [-0.25, -0.2) is 0 Å². The molecule has 0 aromatic rings. The first-order valence-electron chi connectivity index (χ1n) is 10.5. The molecule has 0 bridgehead atoms. The average molecular weight is 331 g/mol. The van der Waals surface area contributed by atoms with Gasteiger partial charge >= 0.3 is 0 Å². The highest BCUT2D eigenvalue weighted by molar-refractivity contribution is 5.79. The molecule has 4 saturated carbocycles. The van der Waals surface area contributed by atoms with Crippen LogP contribution in [0.3, 0.4) is 0 Å². The Bertz CT molecular complexity index is 564. The minimum atomic E-state index is 0.203. The molecule has 1 saturated heterocycles. The minimum Gasteiger partial charge on any atom is -0.370 e. The van der Waals surface area contributed by atoms with Crippen molar-refractivity contribution in [1.82, 2.24) is 0 Å². The third kappa shape index (κ3) is 1.95. The van der Waals surface area contributed by atoms with Crippen LogP contribution in [0.25, 0.3) is 0 Å². The molecule has 1 aliphatic heterocycles. The lowest BCUT2D eigenvalue weighted by molar-refractivity contribution is -0.140. The van der Waals surface area contributed by atoms with E-state index in [9.17, 15) is 4.79 Å². The number of ketones is 1. The second kappa shape index (κ2) is 4.87. The highest BCUT2D eigenvalue weighted by Gasteiger charge is 2.65. The van der Waals surface area contributed by atoms with Crippen LogP contribution >= 0.6 is 0 Å². The van der Waals surface area contributed by atoms with Gasteiger partial charge < -0.3 is 4.74 Å². The van der Waals surface area contributed by atoms with Crippen LogP contribution in [-0.4, -0.2) is 18.0 Å². The van der Waals surface area contributed by atoms with Gasteiger partial charge in [-0.2, -0.15) is 0 Å². The molecule has 0 spiro atoms. The quantitative estimate of drug-likeness (QED) is 0.633. The molecule has 0 unspecified atom stereocenters. The molecule has 5 aliphatic rings. The fraction of sp³-hybridized carbons (Fsp3) is 0.955. The molecule has 0 aromatic heterocycles. The molecule has 0 radical (unpaired) electrons. The zero-order valence-electron chi connectivity index (χ0n) is 15.8. The first-order chi connectivity index (χ1) is 11.4. The third-order valence-corrected chi connectivity index (χ3v) is 9.82. The lowest BCUT2D eigenvalue weighted by atomic mass is 9.44. The molecule has 0 amide bonds. The Morgan fingerprint density at radius 3 is 2.42 bits per heavy atom. The number of carbonyl (C=O) groups is 1. The summed E-state index contributed by atoms with van der Waals surface area (Å²) in [5.41, 5.74) is 1.17. The highest BCUT2D eigenvalue weighted by Crippen LogP contribution is 2.69. The van der Waals surface area contributed by atoms with E-state index in [1.54, 1.807) is 0 Å². The van der Waals surface area contributed by atoms with Gasteiger partial charge in [-0.3, -0.25) is 4.79 Å². The molecule has 134 valence electrons. The summed E-state index contributed by atoms with van der Waals surface area (Å²) in [6, 6.07) is 0. The Morgan fingerprint density at radius 2 is 1.67 bits per heavy atom. The van der Waals surface area contributed by atoms with Crippen LogP contribution in [0.2, 0.25) is 0 Å². The molecule has 0 N–H and O–H groups in total. The molecular weight excluding hydrogens is 296 g/mol. The largest absolute Gasteiger partial charge is 0.370 e. The zero-order valence-corrected chi connectivity index (χ0v) is 15.8. The maximum Gasteiger partial charge on any atom is 0.133 e. The van der Waals surface area contributed by atoms with Crippen molar-refractivity contribution in [3.8, 4) is 0 Å². The van der Waals surface area contributed by atoms with Crippen molar-refractivity contribution in [3.05, 3.63) is 0 Å². The van der Waals surface area contributed by atoms with E-state index in [4.69, 9.17) is 4.74 Å². The minimum absolute atomic E-state index is 0.203. The van der Waals surface area contributed by atoms with Crippen molar-refractivity contribution in [1.29, 1.82) is 0 Å². The topological polar surface area (TPSA) is 29.6 Å². The standard InChI is InChI=1S/C22H34O2/c1-20-10-8-15(23)12-14(20)4-5-16-17-6-7-19(22(3)13-24-22)21(17,2)11-9-18(16)20/h14,16-19H,4-13H2,1-3H3/t14-,16+,17+,18+,19+,20+,21+,22+/m1/s1. The van der Waals surface area contributed by atoms with E-state index in [1.165, 1.54) is 44.9 Å². The van der Waals surface area contributed by atoms with E-state index in [1.807, 2.05) is 0 Å². The Morgan fingerprint density at radius 1 is 0.917 bits per heavy atom. The summed E-state index contributed by atoms with van der Waals surface area (Å²) in [6.07, 6.45) is 11.2. The van der Waals surface area contributed by atoms with E-state index in [0.29, 0.717) is 22.5 Å². The molecule has 8 atom stereocenters. The van der Waals surface area contributed by atoms with Crippen molar-refractivity contribution in [2.75, 3.05) is 6.61 Å². The Balaban J connectivity index is 1.44. The van der Waals surface area contributed by atoms with Crippen LogP contribution in [0, 0.1) is 40.4 Å². The van der Waals surface area contributed by atoms with E-state index in [2.05, 4.69) is 20.8 Å². The molecule has 2 nitrogen and oxygen atoms in total. The Kier molecular flexibility index (Phi) is 3.22. The van der Waals surface area contributed by atoms with E-state index >= 15 is 0 Å². The van der Waals surface area contributed by atoms with Gasteiger partial charge in [0, 0.05) is 12.8 Å². The van der Waals surface area contributed by atoms with Gasteiger partial charge in [0.05, 0.1) is 12.2 Å². The van der Waals surface area contributed by atoms with Crippen LogP contribution in [0.15, 0.2) is 0 Å². The van der Waals surface area contributed by atoms with Gasteiger partial charge in [-0.05, 0) is 92.3 Å². The van der Waals surface area contributed by atoms with Crippen LogP contribution in [-0.2, 0) is 9.53 Å². The predicted octanol–water partition coefficient (Wildman–Crippen LogP) is 5.00. The Labute approximate surface area is 147 Å². The summed E-state index contributed by atoms with van der Waals surface area (Å²) in [4.78, 5) is 12.0. The summed E-state index contributed by atoms with van der Waals surface area (Å²) in [6.45, 7) is 8.52. The van der Waals surface area contributed by atoms with Crippen molar-refractivity contribution in [2.45, 2.75) is 84.2 Å². The third-order valence-electron chi connectivity index (χ3n) is 9.82. The van der Waals surface area contributed by atoms with Crippen LogP contribution in [0.5, 0.6) is 0 Å². The van der Waals surface area contributed by atoms with Gasteiger partial charge in [-0.15, -0.1) is 0 Å². The number of carbonyl (C=O) groups excluding carboxylic acids is 1. The smallest absolute Gasteiger partial charge is 0.133 e. The van der Waals surface area contributed by atoms with Crippen LogP contribution < -0.4 is 0 Å². The molecule has 2 heteroatoms. The highest BCUT2D eigenvalue weighted by atomic mass is 16.6. The van der Waals surface area contributed by atoms with Crippen molar-refractivity contribution >= 4 is 5.78 Å². The first-order valence-corrected chi connectivity index (χ1v) is 10.5. The number of epoxide rings is 1. The van der Waals surface area contributed by atoms with E-state index in [0.717, 1.165) is 43.1 Å². The zero-order chi connectivity index (χ0) is 16.7. The molecule has 0 aromatic carbocycles. The average Bonchev–Trinajstić information content (AvgIpc) is 3.17. The first kappa shape index (κ1) is 15.9. The SMILES string of the molecule is C[C@]12CCC(=O)C[C@H]1CC[C@@H]1[C@@H]2CC[C@@]2(C)[C@H]1CC[C@@H]2[C@]1(C)CO1. The summed E-state index contributed by atoms with van der Waals surface area (Å²) < 4.78 is 5.91. The summed E-state index contributed by atoms with van der Waals surface area (Å²) in [5.74, 6) is 4.73. The van der Waals surface area contributed by atoms with Crippen molar-refractivity contribution < 1.29 is 9.53 Å². The summed E-state index contributed by atoms with van der Waals surface area (Å²) in [5, 5.41) is 0. The molecule has 1 heterocycles. The van der Waals surface area contributed by atoms with E-state index in [-0.39, 0.29) is 5.60 Å². The van der Waals surface area contributed by atoms with Gasteiger partial charge in [0.1, 0.15) is 5.78 Å². The Hall–Kier alpha value is -0.370. The van der Waals surface area contributed by atoms with Crippen LogP contribution in [0.1, 0.15) is 78.6 Å². The second-order valence-corrected chi connectivity index (χ2v) is 10.7. The number of rotatable bonds is 1. The lowest BCUT2D eigenvalue weighted by Crippen LogP contribution is -2.54. The van der Waals surface area contributed by atoms with Crippen LogP contribution in [0.4, 0.5) is 0 Å². The fourth-order valence-corrected chi connectivity index (χ4v) is 8.36. The predicted molar refractivity (Wildman–Crippen MR) is 94.6 cm³/mol. The normalized spacial score (nSPS) is 59.5. The van der Waals surface area contributed by atoms with Gasteiger partial charge in [0.2, 0.25) is 0 Å². The number of hydrogen-bond donors (Lipinski definition) is 0. The number of Topliss-reactive ketones (excluding diaryl/α,β-unsaturated/α-hetero) is 1. The van der Waals surface area contributed by atoms with Gasteiger partial charge in [0.25, 0.3) is 0 Å². The summed E-state index contributed by atoms with van der Waals surface area (Å²) >= 11 is 0. The number of hydrogen-bond acceptors (Lipinski definition) is 2. The van der Waals surface area contributed by atoms with Crippen molar-refractivity contribution in [3.63, 3.8) is 0 Å².